The molecule has 3 heterocycles. The molecule has 19 nitrogen and oxygen atoms in total. The molecule has 2 aliphatic rings. The molecule has 21 heteroatoms. The molecular formula is C46H49Cl2N9O10. The van der Waals surface area contributed by atoms with Crippen LogP contribution in [0.3, 0.4) is 0 Å². The number of phenolic OH excluding ortho intramolecular Hbond substituents is 2. The molecule has 5 aromatic rings. The minimum absolute atomic E-state index is 0.0271. The number of hydrogen-bond acceptors (Lipinski definition) is 11. The zero-order valence-corrected chi connectivity index (χ0v) is 38.7. The Bertz CT molecular complexity index is 2860. The topological polar surface area (TPSA) is 254 Å². The Morgan fingerprint density at radius 2 is 1.25 bits per heavy atom. The van der Waals surface area contributed by atoms with Crippen molar-refractivity contribution >= 4 is 115 Å². The summed E-state index contributed by atoms with van der Waals surface area (Å²) < 4.78 is 6.91. The van der Waals surface area contributed by atoms with Gasteiger partial charge in [-0.2, -0.15) is 0 Å². The number of carbonyl (C=O) groups excluding carboxylic acids is 7. The summed E-state index contributed by atoms with van der Waals surface area (Å²) >= 11 is 12.6. The van der Waals surface area contributed by atoms with Gasteiger partial charge in [0.25, 0.3) is 5.91 Å². The van der Waals surface area contributed by atoms with Crippen molar-refractivity contribution in [3.63, 3.8) is 0 Å². The number of rotatable bonds is 13. The van der Waals surface area contributed by atoms with Gasteiger partial charge in [0, 0.05) is 104 Å². The average Bonchev–Trinajstić information content (AvgIpc) is 3.95. The first-order valence-electron chi connectivity index (χ1n) is 21.2. The molecule has 7 amide bonds. The van der Waals surface area contributed by atoms with Crippen molar-refractivity contribution in [2.75, 3.05) is 63.7 Å². The van der Waals surface area contributed by atoms with Gasteiger partial charge in [-0.25, -0.2) is 9.78 Å². The highest BCUT2D eigenvalue weighted by molar-refractivity contribution is 6.19. The summed E-state index contributed by atoms with van der Waals surface area (Å²) in [5.74, 6) is -3.62. The zero-order valence-electron chi connectivity index (χ0n) is 37.2. The van der Waals surface area contributed by atoms with Crippen LogP contribution in [0.5, 0.6) is 11.5 Å². The van der Waals surface area contributed by atoms with Crippen LogP contribution in [0.15, 0.2) is 54.7 Å². The number of benzene rings is 4. The predicted octanol–water partition coefficient (Wildman–Crippen LogP) is 5.75. The second-order valence-electron chi connectivity index (χ2n) is 17.3. The van der Waals surface area contributed by atoms with Crippen LogP contribution < -0.4 is 36.4 Å². The third-order valence-electron chi connectivity index (χ3n) is 11.1. The molecule has 0 radical (unpaired) electrons. The average molecular weight is 959 g/mol. The van der Waals surface area contributed by atoms with Gasteiger partial charge in [0.15, 0.2) is 5.82 Å². The first-order valence-corrected chi connectivity index (χ1v) is 22.3. The van der Waals surface area contributed by atoms with Gasteiger partial charge in [0.1, 0.15) is 17.1 Å². The van der Waals surface area contributed by atoms with Crippen LogP contribution in [-0.4, -0.2) is 105 Å². The smallest absolute Gasteiger partial charge is 0.414 e. The molecule has 67 heavy (non-hydrogen) atoms. The summed E-state index contributed by atoms with van der Waals surface area (Å²) in [4.78, 5) is 96.4. The number of aromatic nitrogens is 2. The van der Waals surface area contributed by atoms with Crippen LogP contribution in [0.2, 0.25) is 0 Å². The predicted molar refractivity (Wildman–Crippen MR) is 253 cm³/mol. The second-order valence-corrected chi connectivity index (χ2v) is 17.9. The number of ether oxygens (including phenoxy) is 1. The summed E-state index contributed by atoms with van der Waals surface area (Å²) in [5.41, 5.74) is 2.61. The molecule has 2 unspecified atom stereocenters. The minimum atomic E-state index is -0.740. The molecule has 7 rings (SSSR count). The number of nitrogens with zero attached hydrogens (tertiary/aromatic N) is 4. The third kappa shape index (κ3) is 10.5. The number of carbonyl (C=O) groups is 7. The highest BCUT2D eigenvalue weighted by atomic mass is 35.5. The van der Waals surface area contributed by atoms with Crippen molar-refractivity contribution in [3.05, 3.63) is 71.7 Å². The van der Waals surface area contributed by atoms with E-state index in [-0.39, 0.29) is 78.6 Å². The molecule has 0 saturated carbocycles. The molecule has 4 aromatic carbocycles. The van der Waals surface area contributed by atoms with Crippen molar-refractivity contribution in [1.82, 2.24) is 20.2 Å². The van der Waals surface area contributed by atoms with Crippen LogP contribution in [0, 0.1) is 0 Å². The fourth-order valence-electron chi connectivity index (χ4n) is 8.25. The standard InChI is InChI=1S/C46H49Cl2N9O10/c1-23(58)51-26-6-8-28-30(12-26)34(59)14-32-41(28)24(16-47)20-56(32)40(64)19-49-39(63)18-50-44(65)43-54-36(22-55(43)5)53-38(62)11-10-37(61)52-27-7-9-29-31(13-27)35(60)15-33-42(29)25(17-48)21-57(33)45(66)67-46(2,3)4/h6-9,12-15,22,24-25,59-60H,10-11,16-21H2,1-5H3,(H,49,63)(H,50,65)(H,51,58)(H,52,61)(H,53,62). The number of aryl methyl sites for hydroxylation is 1. The van der Waals surface area contributed by atoms with Gasteiger partial charge in [-0.1, -0.05) is 12.1 Å². The van der Waals surface area contributed by atoms with Crippen LogP contribution in [-0.2, 0) is 35.8 Å². The first kappa shape index (κ1) is 47.8. The number of nitrogens with one attached hydrogen (secondary N) is 5. The number of alkyl halides is 2. The molecule has 0 saturated heterocycles. The zero-order chi connectivity index (χ0) is 48.5. The lowest BCUT2D eigenvalue weighted by molar-refractivity contribution is -0.124. The lowest BCUT2D eigenvalue weighted by Gasteiger charge is -2.25. The molecule has 7 N–H and O–H groups in total. The van der Waals surface area contributed by atoms with E-state index in [0.717, 1.165) is 11.1 Å². The molecule has 352 valence electrons. The number of imidazole rings is 1. The maximum atomic E-state index is 13.4. The van der Waals surface area contributed by atoms with E-state index in [1.54, 1.807) is 57.2 Å². The summed E-state index contributed by atoms with van der Waals surface area (Å²) in [6.45, 7) is 6.23. The fourth-order valence-corrected chi connectivity index (χ4v) is 8.76. The third-order valence-corrected chi connectivity index (χ3v) is 11.9. The molecule has 0 fully saturated rings. The highest BCUT2D eigenvalue weighted by Gasteiger charge is 2.37. The van der Waals surface area contributed by atoms with Gasteiger partial charge < -0.3 is 51.0 Å². The van der Waals surface area contributed by atoms with E-state index < -0.39 is 54.3 Å². The molecule has 2 atom stereocenters. The van der Waals surface area contributed by atoms with Crippen LogP contribution >= 0.6 is 23.2 Å². The Morgan fingerprint density at radius 1 is 0.716 bits per heavy atom. The Kier molecular flexibility index (Phi) is 13.8. The lowest BCUT2D eigenvalue weighted by Crippen LogP contribution is -2.43. The van der Waals surface area contributed by atoms with E-state index >= 15 is 0 Å². The van der Waals surface area contributed by atoms with Crippen LogP contribution in [0.4, 0.5) is 33.4 Å². The van der Waals surface area contributed by atoms with Gasteiger partial charge >= 0.3 is 6.09 Å². The Hall–Kier alpha value is -7.12. The minimum Gasteiger partial charge on any atom is -0.507 e. The van der Waals surface area contributed by atoms with Crippen LogP contribution in [0.1, 0.15) is 74.1 Å². The van der Waals surface area contributed by atoms with E-state index in [0.29, 0.717) is 44.3 Å². The maximum Gasteiger partial charge on any atom is 0.414 e. The quantitative estimate of drug-likeness (QED) is 0.0700. The number of anilines is 5. The van der Waals surface area contributed by atoms with Gasteiger partial charge in [-0.3, -0.25) is 33.7 Å². The maximum absolute atomic E-state index is 13.4. The number of fused-ring (bicyclic) bond motifs is 6. The van der Waals surface area contributed by atoms with Crippen LogP contribution in [0.25, 0.3) is 21.5 Å². The van der Waals surface area contributed by atoms with Gasteiger partial charge in [0.2, 0.25) is 35.4 Å². The largest absolute Gasteiger partial charge is 0.507 e. The molecule has 0 spiro atoms. The molecule has 1 aromatic heterocycles. The highest BCUT2D eigenvalue weighted by Crippen LogP contribution is 2.47. The van der Waals surface area contributed by atoms with Gasteiger partial charge in [-0.15, -0.1) is 23.2 Å². The number of halogens is 2. The number of aromatic hydroxyl groups is 2. The van der Waals surface area contributed by atoms with E-state index in [9.17, 15) is 43.8 Å². The van der Waals surface area contributed by atoms with Gasteiger partial charge in [0.05, 0.1) is 24.5 Å². The van der Waals surface area contributed by atoms with E-state index in [4.69, 9.17) is 27.9 Å². The number of amides is 7. The second kappa shape index (κ2) is 19.4. The molecular weight excluding hydrogens is 909 g/mol. The van der Waals surface area contributed by atoms with Crippen molar-refractivity contribution < 1.29 is 48.5 Å². The van der Waals surface area contributed by atoms with E-state index in [2.05, 4.69) is 31.6 Å². The van der Waals surface area contributed by atoms with E-state index in [1.807, 2.05) is 0 Å². The SMILES string of the molecule is CC(=O)Nc1ccc2c3c(cc(O)c2c1)N(C(=O)CNC(=O)CNC(=O)c1nc(NC(=O)CCC(=O)Nc2ccc4c5c(cc(O)c4c2)N(C(=O)OC(C)(C)C)CC5CCl)cn1C)CC3CCl. The Balaban J connectivity index is 0.885. The Labute approximate surface area is 394 Å². The monoisotopic (exact) mass is 957 g/mol. The lowest BCUT2D eigenvalue weighted by atomic mass is 9.95. The normalized spacial score (nSPS) is 15.2. The van der Waals surface area contributed by atoms with Crippen molar-refractivity contribution in [2.24, 2.45) is 7.05 Å². The van der Waals surface area contributed by atoms with Gasteiger partial charge in [-0.05, 0) is 66.9 Å². The van der Waals surface area contributed by atoms with Crippen molar-refractivity contribution in [1.29, 1.82) is 0 Å². The first-order chi connectivity index (χ1) is 31.7. The molecule has 0 aliphatic carbocycles. The summed E-state index contributed by atoms with van der Waals surface area (Å²) in [7, 11) is 1.51. The Morgan fingerprint density at radius 3 is 1.81 bits per heavy atom. The summed E-state index contributed by atoms with van der Waals surface area (Å²) in [5, 5.41) is 37.0. The number of phenols is 2. The van der Waals surface area contributed by atoms with Crippen molar-refractivity contribution in [3.8, 4) is 11.5 Å². The fraction of sp³-hybridized carbons (Fsp3) is 0.348. The molecule has 0 bridgehead atoms. The summed E-state index contributed by atoms with van der Waals surface area (Å²) in [6, 6.07) is 13.0. The van der Waals surface area contributed by atoms with E-state index in [1.165, 1.54) is 46.7 Å². The summed E-state index contributed by atoms with van der Waals surface area (Å²) in [6.07, 6.45) is 0.383. The number of hydrogen-bond donors (Lipinski definition) is 7. The molecule has 2 aliphatic heterocycles. The van der Waals surface area contributed by atoms with Crippen molar-refractivity contribution in [2.45, 2.75) is 58.0 Å².